The Morgan fingerprint density at radius 1 is 0.885 bits per heavy atom. The monoisotopic (exact) mass is 371 g/mol. The minimum absolute atomic E-state index is 0.0564. The molecule has 0 aromatic heterocycles. The van der Waals surface area contributed by atoms with Gasteiger partial charge in [0.05, 0.1) is 0 Å². The summed E-state index contributed by atoms with van der Waals surface area (Å²) in [7, 11) is 0. The number of alkyl carbamates (subject to hydrolysis) is 1. The highest BCUT2D eigenvalue weighted by Gasteiger charge is 2.24. The molecule has 0 saturated heterocycles. The van der Waals surface area contributed by atoms with Crippen molar-refractivity contribution in [2.45, 2.75) is 123 Å². The van der Waals surface area contributed by atoms with Crippen molar-refractivity contribution in [1.82, 2.24) is 5.32 Å². The van der Waals surface area contributed by atoms with Crippen molar-refractivity contribution < 1.29 is 19.1 Å². The van der Waals surface area contributed by atoms with Gasteiger partial charge in [0.15, 0.2) is 0 Å². The van der Waals surface area contributed by atoms with Crippen molar-refractivity contribution >= 4 is 12.1 Å². The molecule has 0 bridgehead atoms. The van der Waals surface area contributed by atoms with Crippen LogP contribution >= 0.6 is 0 Å². The molecule has 5 nitrogen and oxygen atoms in total. The van der Waals surface area contributed by atoms with E-state index in [0.717, 1.165) is 25.7 Å². The van der Waals surface area contributed by atoms with Gasteiger partial charge in [-0.15, -0.1) is 0 Å². The Bertz CT molecular complexity index is 378. The quantitative estimate of drug-likeness (QED) is 0.330. The molecule has 0 radical (unpaired) electrons. The molecule has 5 heteroatoms. The van der Waals surface area contributed by atoms with E-state index in [2.05, 4.69) is 19.2 Å². The van der Waals surface area contributed by atoms with Crippen LogP contribution in [0.1, 0.15) is 106 Å². The van der Waals surface area contributed by atoms with Crippen molar-refractivity contribution in [1.29, 1.82) is 0 Å². The maximum absolute atomic E-state index is 12.3. The van der Waals surface area contributed by atoms with Crippen LogP contribution in [0.15, 0.2) is 0 Å². The van der Waals surface area contributed by atoms with Gasteiger partial charge in [-0.05, 0) is 53.4 Å². The van der Waals surface area contributed by atoms with E-state index in [9.17, 15) is 9.59 Å². The first-order valence-corrected chi connectivity index (χ1v) is 10.4. The van der Waals surface area contributed by atoms with E-state index in [4.69, 9.17) is 9.47 Å². The van der Waals surface area contributed by atoms with Crippen LogP contribution < -0.4 is 5.32 Å². The van der Waals surface area contributed by atoms with Gasteiger partial charge in [-0.2, -0.15) is 0 Å². The Kier molecular flexibility index (Phi) is 13.2. The second-order valence-electron chi connectivity index (χ2n) is 8.13. The second-order valence-corrected chi connectivity index (χ2v) is 8.13. The fourth-order valence-corrected chi connectivity index (χ4v) is 2.67. The van der Waals surface area contributed by atoms with Gasteiger partial charge in [-0.25, -0.2) is 9.59 Å². The van der Waals surface area contributed by atoms with Crippen LogP contribution in [0.3, 0.4) is 0 Å². The lowest BCUT2D eigenvalue weighted by Crippen LogP contribution is -2.43. The number of esters is 1. The van der Waals surface area contributed by atoms with E-state index < -0.39 is 17.7 Å². The molecule has 0 spiro atoms. The molecule has 1 N–H and O–H groups in total. The number of ether oxygens (including phenoxy) is 2. The molecule has 1 amide bonds. The van der Waals surface area contributed by atoms with E-state index in [1.165, 1.54) is 38.5 Å². The first-order chi connectivity index (χ1) is 12.2. The zero-order valence-electron chi connectivity index (χ0n) is 17.9. The number of carbonyl (C=O) groups is 2. The van der Waals surface area contributed by atoms with E-state index in [1.54, 1.807) is 27.7 Å². The average molecular weight is 372 g/mol. The summed E-state index contributed by atoms with van der Waals surface area (Å²) < 4.78 is 10.9. The van der Waals surface area contributed by atoms with Gasteiger partial charge in [0, 0.05) is 0 Å². The minimum atomic E-state index is -0.710. The number of hydrogen-bond donors (Lipinski definition) is 1. The van der Waals surface area contributed by atoms with Gasteiger partial charge in [0.2, 0.25) is 0 Å². The fourth-order valence-electron chi connectivity index (χ4n) is 2.67. The third-order valence-electron chi connectivity index (χ3n) is 4.13. The Hall–Kier alpha value is -1.26. The zero-order valence-corrected chi connectivity index (χ0v) is 17.9. The lowest BCUT2D eigenvalue weighted by Gasteiger charge is -2.23. The summed E-state index contributed by atoms with van der Waals surface area (Å²) in [6.07, 6.45) is 10.5. The summed E-state index contributed by atoms with van der Waals surface area (Å²) >= 11 is 0. The van der Waals surface area contributed by atoms with Crippen LogP contribution in [0.25, 0.3) is 0 Å². The van der Waals surface area contributed by atoms with Crippen molar-refractivity contribution in [2.24, 2.45) is 0 Å². The predicted molar refractivity (Wildman–Crippen MR) is 106 cm³/mol. The Morgan fingerprint density at radius 2 is 1.38 bits per heavy atom. The van der Waals surface area contributed by atoms with Crippen molar-refractivity contribution in [3.8, 4) is 0 Å². The van der Waals surface area contributed by atoms with Crippen LogP contribution in [0.5, 0.6) is 0 Å². The lowest BCUT2D eigenvalue weighted by molar-refractivity contribution is -0.152. The molecule has 0 aromatic carbocycles. The summed E-state index contributed by atoms with van der Waals surface area (Å²) in [6, 6.07) is -0.710. The number of nitrogens with one attached hydrogen (secondary N) is 1. The molecule has 0 rings (SSSR count). The van der Waals surface area contributed by atoms with Crippen LogP contribution in [0.2, 0.25) is 0 Å². The molecular weight excluding hydrogens is 330 g/mol. The molecule has 0 unspecified atom stereocenters. The molecular formula is C21H41NO4. The van der Waals surface area contributed by atoms with Crippen LogP contribution in [-0.4, -0.2) is 29.8 Å². The SMILES string of the molecule is CCCCCCC(CCCCCC)OC(=O)[C@H](C)NC(=O)OC(C)(C)C. The number of rotatable bonds is 13. The lowest BCUT2D eigenvalue weighted by atomic mass is 10.0. The molecule has 0 aliphatic heterocycles. The highest BCUT2D eigenvalue weighted by Crippen LogP contribution is 2.16. The van der Waals surface area contributed by atoms with Crippen molar-refractivity contribution in [3.05, 3.63) is 0 Å². The van der Waals surface area contributed by atoms with Gasteiger partial charge in [-0.3, -0.25) is 0 Å². The number of amides is 1. The fraction of sp³-hybridized carbons (Fsp3) is 0.905. The second kappa shape index (κ2) is 13.9. The zero-order chi connectivity index (χ0) is 20.0. The van der Waals surface area contributed by atoms with Crippen molar-refractivity contribution in [2.75, 3.05) is 0 Å². The average Bonchev–Trinajstić information content (AvgIpc) is 2.53. The Morgan fingerprint density at radius 3 is 1.81 bits per heavy atom. The molecule has 0 aliphatic carbocycles. The smallest absolute Gasteiger partial charge is 0.408 e. The largest absolute Gasteiger partial charge is 0.461 e. The summed E-state index contributed by atoms with van der Waals surface area (Å²) in [5, 5.41) is 2.56. The summed E-state index contributed by atoms with van der Waals surface area (Å²) in [6.45, 7) is 11.4. The third kappa shape index (κ3) is 14.0. The normalized spacial score (nSPS) is 12.7. The highest BCUT2D eigenvalue weighted by atomic mass is 16.6. The number of unbranched alkanes of at least 4 members (excludes halogenated alkanes) is 6. The number of hydrogen-bond acceptors (Lipinski definition) is 4. The molecule has 0 aliphatic rings. The predicted octanol–water partition coefficient (Wildman–Crippen LogP) is 5.75. The third-order valence-corrected chi connectivity index (χ3v) is 4.13. The topological polar surface area (TPSA) is 64.6 Å². The molecule has 0 heterocycles. The molecule has 0 aromatic rings. The van der Waals surface area contributed by atoms with E-state index >= 15 is 0 Å². The van der Waals surface area contributed by atoms with Gasteiger partial charge in [-0.1, -0.05) is 52.4 Å². The maximum Gasteiger partial charge on any atom is 0.408 e. The van der Waals surface area contributed by atoms with Crippen LogP contribution in [-0.2, 0) is 14.3 Å². The van der Waals surface area contributed by atoms with E-state index in [1.807, 2.05) is 0 Å². The van der Waals surface area contributed by atoms with E-state index in [-0.39, 0.29) is 12.1 Å². The first-order valence-electron chi connectivity index (χ1n) is 10.4. The minimum Gasteiger partial charge on any atom is -0.461 e. The first kappa shape index (κ1) is 24.7. The Balaban J connectivity index is 4.43. The maximum atomic E-state index is 12.3. The standard InChI is InChI=1S/C21H41NO4/c1-7-9-11-13-15-18(16-14-12-10-8-2)25-19(23)17(3)22-20(24)26-21(4,5)6/h17-18H,7-16H2,1-6H3,(H,22,24)/t17-/m0/s1. The highest BCUT2D eigenvalue weighted by molar-refractivity contribution is 5.81. The van der Waals surface area contributed by atoms with Crippen LogP contribution in [0.4, 0.5) is 4.79 Å². The van der Waals surface area contributed by atoms with E-state index in [0.29, 0.717) is 0 Å². The Labute approximate surface area is 160 Å². The summed E-state index contributed by atoms with van der Waals surface area (Å²) in [4.78, 5) is 24.1. The molecule has 1 atom stereocenters. The van der Waals surface area contributed by atoms with Gasteiger partial charge in [0.1, 0.15) is 17.7 Å². The van der Waals surface area contributed by atoms with Gasteiger partial charge >= 0.3 is 12.1 Å². The van der Waals surface area contributed by atoms with Gasteiger partial charge < -0.3 is 14.8 Å². The van der Waals surface area contributed by atoms with Crippen LogP contribution in [0, 0.1) is 0 Å². The molecule has 154 valence electrons. The number of carbonyl (C=O) groups excluding carboxylic acids is 2. The van der Waals surface area contributed by atoms with Gasteiger partial charge in [0.25, 0.3) is 0 Å². The summed E-state index contributed by atoms with van der Waals surface area (Å²) in [5.74, 6) is -0.383. The molecule has 26 heavy (non-hydrogen) atoms. The summed E-state index contributed by atoms with van der Waals surface area (Å²) in [5.41, 5.74) is -0.588. The molecule has 0 fully saturated rings. The van der Waals surface area contributed by atoms with Crippen molar-refractivity contribution in [3.63, 3.8) is 0 Å². The molecule has 0 saturated carbocycles.